The van der Waals surface area contributed by atoms with Crippen molar-refractivity contribution in [2.45, 2.75) is 58.0 Å². The van der Waals surface area contributed by atoms with E-state index in [1.807, 2.05) is 18.2 Å². The molecule has 212 valence electrons. The van der Waals surface area contributed by atoms with Crippen molar-refractivity contribution in [1.29, 1.82) is 0 Å². The van der Waals surface area contributed by atoms with Crippen LogP contribution in [0.15, 0.2) is 36.1 Å². The van der Waals surface area contributed by atoms with Gasteiger partial charge in [0.15, 0.2) is 6.61 Å². The number of hydrogen-bond donors (Lipinski definition) is 4. The van der Waals surface area contributed by atoms with E-state index in [1.54, 1.807) is 11.0 Å². The first-order valence-corrected chi connectivity index (χ1v) is 13.5. The zero-order chi connectivity index (χ0) is 28.2. The van der Waals surface area contributed by atoms with Crippen molar-refractivity contribution in [3.05, 3.63) is 52.2 Å². The third-order valence-electron chi connectivity index (χ3n) is 6.34. The molecule has 39 heavy (non-hydrogen) atoms. The van der Waals surface area contributed by atoms with Crippen LogP contribution in [0.4, 0.5) is 0 Å². The van der Waals surface area contributed by atoms with Crippen LogP contribution in [0.3, 0.4) is 0 Å². The van der Waals surface area contributed by atoms with E-state index >= 15 is 0 Å². The van der Waals surface area contributed by atoms with E-state index in [2.05, 4.69) is 10.8 Å². The van der Waals surface area contributed by atoms with Crippen molar-refractivity contribution >= 4 is 35.5 Å². The van der Waals surface area contributed by atoms with Gasteiger partial charge in [0.2, 0.25) is 5.91 Å². The molecule has 1 fully saturated rings. The highest BCUT2D eigenvalue weighted by Crippen LogP contribution is 2.38. The third kappa shape index (κ3) is 9.33. The summed E-state index contributed by atoms with van der Waals surface area (Å²) >= 11 is 6.38. The number of carbonyl (C=O) groups is 3. The first kappa shape index (κ1) is 30.0. The summed E-state index contributed by atoms with van der Waals surface area (Å²) in [6.45, 7) is 2.92. The molecule has 2 amide bonds. The summed E-state index contributed by atoms with van der Waals surface area (Å²) in [6.07, 6.45) is 13.5. The molecule has 0 bridgehead atoms. The number of hydroxylamine groups is 1. The first-order chi connectivity index (χ1) is 18.8. The molecular formula is C28H36ClN3O7. The monoisotopic (exact) mass is 561 g/mol. The van der Waals surface area contributed by atoms with E-state index in [1.165, 1.54) is 13.0 Å². The van der Waals surface area contributed by atoms with Crippen LogP contribution in [-0.4, -0.2) is 65.2 Å². The summed E-state index contributed by atoms with van der Waals surface area (Å²) in [6, 6.07) is 0.975. The van der Waals surface area contributed by atoms with Crippen LogP contribution in [0.25, 0.3) is 6.08 Å². The highest BCUT2D eigenvalue weighted by molar-refractivity contribution is 6.34. The molecule has 0 aromatic heterocycles. The minimum absolute atomic E-state index is 0.0190. The Morgan fingerprint density at radius 2 is 1.87 bits per heavy atom. The Morgan fingerprint density at radius 3 is 2.62 bits per heavy atom. The van der Waals surface area contributed by atoms with Crippen LogP contribution in [0, 0.1) is 0 Å². The highest BCUT2D eigenvalue weighted by Gasteiger charge is 2.25. The number of hydrogen-bond acceptors (Lipinski definition) is 8. The minimum atomic E-state index is -0.844. The molecule has 0 spiro atoms. The molecule has 10 nitrogen and oxygen atoms in total. The Labute approximate surface area is 233 Å². The summed E-state index contributed by atoms with van der Waals surface area (Å²) in [5.74, 6) is -2.11. The number of phenols is 2. The Hall–Kier alpha value is -3.50. The Bertz CT molecular complexity index is 1130. The summed E-state index contributed by atoms with van der Waals surface area (Å²) in [4.78, 5) is 44.3. The zero-order valence-electron chi connectivity index (χ0n) is 22.1. The lowest BCUT2D eigenvalue weighted by Gasteiger charge is -2.26. The number of fused-ring (bicyclic) bond motifs is 1. The zero-order valence-corrected chi connectivity index (χ0v) is 22.8. The Balaban J connectivity index is 1.88. The minimum Gasteiger partial charge on any atom is -0.507 e. The Morgan fingerprint density at radius 1 is 1.13 bits per heavy atom. The number of esters is 1. The summed E-state index contributed by atoms with van der Waals surface area (Å²) in [5.41, 5.74) is 2.86. The SMILES string of the molecule is CC(=O)NCCC1CC=CCC/C=C/C(NOCC(=O)N2CCCCC2)=C/c2c(Cl)c(O)cc(O)c2C(=O)O1. The van der Waals surface area contributed by atoms with Gasteiger partial charge < -0.3 is 25.2 Å². The maximum Gasteiger partial charge on any atom is 0.342 e. The molecule has 0 saturated carbocycles. The van der Waals surface area contributed by atoms with E-state index in [4.69, 9.17) is 21.2 Å². The second-order valence-electron chi connectivity index (χ2n) is 9.44. The number of allylic oxidation sites excluding steroid dienone is 3. The van der Waals surface area contributed by atoms with Crippen LogP contribution >= 0.6 is 11.6 Å². The van der Waals surface area contributed by atoms with Crippen molar-refractivity contribution in [1.82, 2.24) is 15.7 Å². The number of likely N-dealkylation sites (tertiary alicyclic amines) is 1. The summed E-state index contributed by atoms with van der Waals surface area (Å²) in [5, 5.41) is 23.4. The number of nitrogens with zero attached hydrogens (tertiary/aromatic N) is 1. The van der Waals surface area contributed by atoms with Crippen LogP contribution in [-0.2, 0) is 19.2 Å². The number of amides is 2. The van der Waals surface area contributed by atoms with Crippen LogP contribution in [0.1, 0.15) is 67.8 Å². The maximum absolute atomic E-state index is 13.3. The van der Waals surface area contributed by atoms with Crippen molar-refractivity contribution in [2.75, 3.05) is 26.2 Å². The van der Waals surface area contributed by atoms with E-state index < -0.39 is 23.6 Å². The molecule has 1 aromatic carbocycles. The molecule has 1 aromatic rings. The molecule has 1 unspecified atom stereocenters. The molecule has 2 heterocycles. The standard InChI is InChI=1S/C28H36ClN3O7/c1-19(33)30-13-12-21-11-7-4-2-3-6-10-20(31-38-18-25(36)32-14-8-5-9-15-32)16-22-26(28(37)39-21)23(34)17-24(35)27(22)29/h4,6-7,10,16-17,21,31,34-35H,2-3,5,8-9,11-15,18H2,1H3,(H,30,33)/b7-4?,10-6+,20-16-. The van der Waals surface area contributed by atoms with Gasteiger partial charge in [0.25, 0.3) is 5.91 Å². The van der Waals surface area contributed by atoms with Crippen LogP contribution < -0.4 is 10.8 Å². The molecule has 0 radical (unpaired) electrons. The number of nitrogens with one attached hydrogen (secondary N) is 2. The van der Waals surface area contributed by atoms with Gasteiger partial charge in [-0.1, -0.05) is 29.8 Å². The third-order valence-corrected chi connectivity index (χ3v) is 6.73. The highest BCUT2D eigenvalue weighted by atomic mass is 35.5. The molecule has 2 aliphatic heterocycles. The lowest BCUT2D eigenvalue weighted by atomic mass is 10.0. The number of halogens is 1. The van der Waals surface area contributed by atoms with Gasteiger partial charge in [-0.05, 0) is 44.3 Å². The fourth-order valence-electron chi connectivity index (χ4n) is 4.30. The van der Waals surface area contributed by atoms with E-state index in [9.17, 15) is 24.6 Å². The van der Waals surface area contributed by atoms with Gasteiger partial charge in [-0.3, -0.25) is 19.9 Å². The number of carbonyl (C=O) groups excluding carboxylic acids is 3. The average Bonchev–Trinajstić information content (AvgIpc) is 2.90. The molecule has 3 rings (SSSR count). The molecule has 1 atom stereocenters. The number of phenolic OH excluding ortho intramolecular Hbond substituents is 2. The predicted octanol–water partition coefficient (Wildman–Crippen LogP) is 3.97. The van der Waals surface area contributed by atoms with Gasteiger partial charge in [0.1, 0.15) is 23.2 Å². The topological polar surface area (TPSA) is 137 Å². The number of rotatable bonds is 7. The summed E-state index contributed by atoms with van der Waals surface area (Å²) in [7, 11) is 0. The first-order valence-electron chi connectivity index (χ1n) is 13.1. The van der Waals surface area contributed by atoms with Gasteiger partial charge in [0.05, 0.1) is 10.7 Å². The lowest BCUT2D eigenvalue weighted by Crippen LogP contribution is -2.39. The number of benzene rings is 1. The normalized spacial score (nSPS) is 20.6. The lowest BCUT2D eigenvalue weighted by molar-refractivity contribution is -0.139. The fraction of sp³-hybridized carbons (Fsp3) is 0.464. The largest absolute Gasteiger partial charge is 0.507 e. The number of cyclic esters (lactones) is 1. The molecule has 1 saturated heterocycles. The van der Waals surface area contributed by atoms with E-state index in [0.717, 1.165) is 31.7 Å². The second-order valence-corrected chi connectivity index (χ2v) is 9.81. The van der Waals surface area contributed by atoms with Gasteiger partial charge in [-0.15, -0.1) is 0 Å². The number of piperidine rings is 1. The van der Waals surface area contributed by atoms with Crippen molar-refractivity contribution in [3.8, 4) is 11.5 Å². The number of ether oxygens (including phenoxy) is 1. The summed E-state index contributed by atoms with van der Waals surface area (Å²) < 4.78 is 5.70. The molecule has 11 heteroatoms. The average molecular weight is 562 g/mol. The van der Waals surface area contributed by atoms with Crippen LogP contribution in [0.5, 0.6) is 11.5 Å². The maximum atomic E-state index is 13.3. The van der Waals surface area contributed by atoms with Crippen LogP contribution in [0.2, 0.25) is 5.02 Å². The quantitative estimate of drug-likeness (QED) is 0.223. The van der Waals surface area contributed by atoms with E-state index in [-0.39, 0.29) is 34.6 Å². The van der Waals surface area contributed by atoms with Crippen molar-refractivity contribution < 1.29 is 34.2 Å². The second kappa shape index (κ2) is 15.2. The molecular weight excluding hydrogens is 526 g/mol. The van der Waals surface area contributed by atoms with Gasteiger partial charge in [-0.25, -0.2) is 4.79 Å². The molecule has 4 N–H and O–H groups in total. The van der Waals surface area contributed by atoms with Gasteiger partial charge in [0, 0.05) is 51.0 Å². The van der Waals surface area contributed by atoms with Gasteiger partial charge >= 0.3 is 5.97 Å². The predicted molar refractivity (Wildman–Crippen MR) is 147 cm³/mol. The fourth-order valence-corrected chi connectivity index (χ4v) is 4.50. The molecule has 2 aliphatic rings. The number of aromatic hydroxyl groups is 2. The van der Waals surface area contributed by atoms with Gasteiger partial charge in [-0.2, -0.15) is 0 Å². The molecule has 0 aliphatic carbocycles. The van der Waals surface area contributed by atoms with E-state index in [0.29, 0.717) is 44.6 Å². The Kier molecular flexibility index (Phi) is 11.7. The van der Waals surface area contributed by atoms with Crippen molar-refractivity contribution in [3.63, 3.8) is 0 Å². The van der Waals surface area contributed by atoms with Crippen molar-refractivity contribution in [2.24, 2.45) is 0 Å². The smallest absolute Gasteiger partial charge is 0.342 e.